The summed E-state index contributed by atoms with van der Waals surface area (Å²) in [6, 6.07) is 11.3. The molecular weight excluding hydrogens is 410 g/mol. The van der Waals surface area contributed by atoms with E-state index in [1.165, 1.54) is 38.8 Å². The van der Waals surface area contributed by atoms with Crippen LogP contribution in [0, 0.1) is 0 Å². The molecule has 2 aromatic rings. The molecule has 2 aliphatic rings. The first-order valence-electron chi connectivity index (χ1n) is 11.2. The van der Waals surface area contributed by atoms with Crippen LogP contribution >= 0.6 is 11.8 Å². The fourth-order valence-corrected chi connectivity index (χ4v) is 5.43. The molecule has 1 N–H and O–H groups in total. The lowest BCUT2D eigenvalue weighted by Crippen LogP contribution is -2.30. The van der Waals surface area contributed by atoms with E-state index in [1.807, 2.05) is 41.3 Å². The lowest BCUT2D eigenvalue weighted by molar-refractivity contribution is -0.128. The van der Waals surface area contributed by atoms with E-state index in [2.05, 4.69) is 10.2 Å². The average molecular weight is 442 g/mol. The highest BCUT2D eigenvalue weighted by atomic mass is 32.2. The fourth-order valence-electron chi connectivity index (χ4n) is 4.24. The third-order valence-corrected chi connectivity index (χ3v) is 7.22. The van der Waals surface area contributed by atoms with Crippen LogP contribution in [0.5, 0.6) is 0 Å². The molecule has 0 radical (unpaired) electrons. The molecule has 2 aliphatic heterocycles. The summed E-state index contributed by atoms with van der Waals surface area (Å²) >= 11 is 1.61. The second kappa shape index (κ2) is 10.9. The molecule has 0 aliphatic carbocycles. The molecule has 1 aromatic heterocycles. The molecule has 2 fully saturated rings. The van der Waals surface area contributed by atoms with E-state index in [1.54, 1.807) is 18.0 Å². The van der Waals surface area contributed by atoms with Crippen LogP contribution in [0.4, 0.5) is 0 Å². The molecular formula is C24H31N3O3S. The van der Waals surface area contributed by atoms with Crippen molar-refractivity contribution in [3.63, 3.8) is 0 Å². The van der Waals surface area contributed by atoms with Gasteiger partial charge in [-0.05, 0) is 68.7 Å². The first-order chi connectivity index (χ1) is 15.2. The Hall–Kier alpha value is -2.25. The summed E-state index contributed by atoms with van der Waals surface area (Å²) in [7, 11) is 0. The zero-order chi connectivity index (χ0) is 21.5. The number of carbonyl (C=O) groups is 2. The van der Waals surface area contributed by atoms with Crippen molar-refractivity contribution in [3.05, 3.63) is 59.5 Å². The maximum absolute atomic E-state index is 12.5. The Bertz CT molecular complexity index is 845. The van der Waals surface area contributed by atoms with Crippen molar-refractivity contribution >= 4 is 23.6 Å². The van der Waals surface area contributed by atoms with E-state index in [9.17, 15) is 9.59 Å². The van der Waals surface area contributed by atoms with Crippen molar-refractivity contribution in [2.45, 2.75) is 44.0 Å². The van der Waals surface area contributed by atoms with Crippen molar-refractivity contribution in [3.8, 4) is 0 Å². The minimum absolute atomic E-state index is 0.0370. The number of benzene rings is 1. The second-order valence-electron chi connectivity index (χ2n) is 8.25. The lowest BCUT2D eigenvalue weighted by atomic mass is 10.1. The van der Waals surface area contributed by atoms with Gasteiger partial charge in [0.05, 0.1) is 18.6 Å². The predicted molar refractivity (Wildman–Crippen MR) is 123 cm³/mol. The first kappa shape index (κ1) is 22.0. The number of hydrogen-bond acceptors (Lipinski definition) is 5. The van der Waals surface area contributed by atoms with Crippen LogP contribution < -0.4 is 5.32 Å². The third kappa shape index (κ3) is 5.92. The number of thioether (sulfide) groups is 1. The molecule has 3 heterocycles. The number of hydrogen-bond donors (Lipinski definition) is 1. The van der Waals surface area contributed by atoms with Crippen LogP contribution in [0.1, 0.15) is 59.2 Å². The summed E-state index contributed by atoms with van der Waals surface area (Å²) in [6.07, 6.45) is 7.88. The lowest BCUT2D eigenvalue weighted by Gasteiger charge is -2.23. The van der Waals surface area contributed by atoms with Crippen LogP contribution in [0.2, 0.25) is 0 Å². The van der Waals surface area contributed by atoms with Gasteiger partial charge in [0.25, 0.3) is 5.91 Å². The second-order valence-corrected chi connectivity index (χ2v) is 9.32. The van der Waals surface area contributed by atoms with E-state index < -0.39 is 0 Å². The van der Waals surface area contributed by atoms with Gasteiger partial charge in [0.15, 0.2) is 0 Å². The Morgan fingerprint density at radius 2 is 1.87 bits per heavy atom. The van der Waals surface area contributed by atoms with Crippen molar-refractivity contribution in [1.29, 1.82) is 0 Å². The molecule has 0 spiro atoms. The molecule has 2 saturated heterocycles. The summed E-state index contributed by atoms with van der Waals surface area (Å²) < 4.78 is 5.41. The Morgan fingerprint density at radius 3 is 2.58 bits per heavy atom. The number of rotatable bonds is 8. The van der Waals surface area contributed by atoms with Crippen molar-refractivity contribution < 1.29 is 14.0 Å². The molecule has 1 atom stereocenters. The smallest absolute Gasteiger partial charge is 0.251 e. The summed E-state index contributed by atoms with van der Waals surface area (Å²) in [5, 5.41) is 2.99. The van der Waals surface area contributed by atoms with Crippen molar-refractivity contribution in [2.24, 2.45) is 0 Å². The van der Waals surface area contributed by atoms with Crippen LogP contribution in [0.15, 0.2) is 47.1 Å². The topological polar surface area (TPSA) is 65.8 Å². The minimum Gasteiger partial charge on any atom is -0.467 e. The van der Waals surface area contributed by atoms with E-state index in [4.69, 9.17) is 4.42 Å². The van der Waals surface area contributed by atoms with Crippen LogP contribution in [-0.4, -0.2) is 53.5 Å². The molecule has 2 amide bonds. The molecule has 31 heavy (non-hydrogen) atoms. The first-order valence-corrected chi connectivity index (χ1v) is 12.3. The maximum Gasteiger partial charge on any atom is 0.251 e. The Morgan fingerprint density at radius 1 is 1.10 bits per heavy atom. The summed E-state index contributed by atoms with van der Waals surface area (Å²) in [4.78, 5) is 29.2. The predicted octanol–water partition coefficient (Wildman–Crippen LogP) is 4.05. The van der Waals surface area contributed by atoms with Crippen molar-refractivity contribution in [2.75, 3.05) is 31.9 Å². The number of nitrogens with zero attached hydrogens (tertiary/aromatic N) is 2. The largest absolute Gasteiger partial charge is 0.467 e. The van der Waals surface area contributed by atoms with Gasteiger partial charge >= 0.3 is 0 Å². The van der Waals surface area contributed by atoms with Gasteiger partial charge in [-0.2, -0.15) is 0 Å². The summed E-state index contributed by atoms with van der Waals surface area (Å²) in [5.41, 5.74) is 1.69. The summed E-state index contributed by atoms with van der Waals surface area (Å²) in [5.74, 6) is 1.31. The van der Waals surface area contributed by atoms with Crippen molar-refractivity contribution in [1.82, 2.24) is 15.1 Å². The van der Waals surface area contributed by atoms with Gasteiger partial charge in [0.1, 0.15) is 11.1 Å². The standard InChI is InChI=1S/C24H31N3O3S/c28-22-18-31-24(27(22)17-21-7-5-16-30-21)20-10-8-19(9-11-20)23(29)25-12-6-15-26-13-3-1-2-4-14-26/h5,7-11,16,24H,1-4,6,12-15,17-18H2,(H,25,29). The molecule has 1 aromatic carbocycles. The van der Waals surface area contributed by atoms with E-state index >= 15 is 0 Å². The number of carbonyl (C=O) groups excluding carboxylic acids is 2. The number of nitrogens with one attached hydrogen (secondary N) is 1. The molecule has 166 valence electrons. The Labute approximate surface area is 188 Å². The molecule has 6 nitrogen and oxygen atoms in total. The van der Waals surface area contributed by atoms with E-state index in [-0.39, 0.29) is 17.2 Å². The quantitative estimate of drug-likeness (QED) is 0.626. The zero-order valence-electron chi connectivity index (χ0n) is 17.9. The van der Waals surface area contributed by atoms with Gasteiger partial charge in [-0.25, -0.2) is 0 Å². The maximum atomic E-state index is 12.5. The van der Waals surface area contributed by atoms with Crippen LogP contribution in [0.3, 0.4) is 0 Å². The number of likely N-dealkylation sites (tertiary alicyclic amines) is 1. The highest BCUT2D eigenvalue weighted by Crippen LogP contribution is 2.39. The third-order valence-electron chi connectivity index (χ3n) is 5.97. The molecule has 0 saturated carbocycles. The highest BCUT2D eigenvalue weighted by Gasteiger charge is 2.33. The number of furan rings is 1. The fraction of sp³-hybridized carbons (Fsp3) is 0.500. The van der Waals surface area contributed by atoms with Crippen LogP contribution in [0.25, 0.3) is 0 Å². The van der Waals surface area contributed by atoms with E-state index in [0.717, 1.165) is 24.3 Å². The zero-order valence-corrected chi connectivity index (χ0v) is 18.7. The SMILES string of the molecule is O=C(NCCCN1CCCCCC1)c1ccc(C2SCC(=O)N2Cc2ccco2)cc1. The van der Waals surface area contributed by atoms with Crippen LogP contribution in [-0.2, 0) is 11.3 Å². The Kier molecular flexibility index (Phi) is 7.70. The van der Waals surface area contributed by atoms with Gasteiger partial charge in [-0.1, -0.05) is 25.0 Å². The normalized spacial score (nSPS) is 20.1. The van der Waals surface area contributed by atoms with Gasteiger partial charge in [-0.15, -0.1) is 11.8 Å². The van der Waals surface area contributed by atoms with Gasteiger partial charge in [0.2, 0.25) is 5.91 Å². The Balaban J connectivity index is 1.27. The molecule has 0 bridgehead atoms. The molecule has 7 heteroatoms. The summed E-state index contributed by atoms with van der Waals surface area (Å²) in [6.45, 7) is 4.59. The average Bonchev–Trinajstić information content (AvgIpc) is 3.35. The molecule has 1 unspecified atom stereocenters. The molecule has 4 rings (SSSR count). The monoisotopic (exact) mass is 441 g/mol. The highest BCUT2D eigenvalue weighted by molar-refractivity contribution is 8.00. The minimum atomic E-state index is -0.0525. The van der Waals surface area contributed by atoms with Gasteiger partial charge in [0, 0.05) is 12.1 Å². The van der Waals surface area contributed by atoms with Gasteiger partial charge in [-0.3, -0.25) is 9.59 Å². The van der Waals surface area contributed by atoms with E-state index in [0.29, 0.717) is 24.4 Å². The number of amides is 2. The van der Waals surface area contributed by atoms with Gasteiger partial charge < -0.3 is 19.5 Å².